The summed E-state index contributed by atoms with van der Waals surface area (Å²) in [6.07, 6.45) is 5.38. The number of anilines is 1. The van der Waals surface area contributed by atoms with Crippen LogP contribution in [0.4, 0.5) is 5.69 Å². The SMILES string of the molecule is CC(C)NCc1cnc2sc(-c3ccccc3NC(=O)c3cccc(-c4ccncc4)c3)nc2c1. The Morgan fingerprint density at radius 2 is 1.80 bits per heavy atom. The number of pyridine rings is 2. The molecule has 1 amide bonds. The van der Waals surface area contributed by atoms with Gasteiger partial charge in [-0.05, 0) is 59.2 Å². The Balaban J connectivity index is 1.41. The Morgan fingerprint density at radius 1 is 0.971 bits per heavy atom. The van der Waals surface area contributed by atoms with Crippen LogP contribution in [0.5, 0.6) is 0 Å². The van der Waals surface area contributed by atoms with Gasteiger partial charge < -0.3 is 10.6 Å². The Kier molecular flexibility index (Phi) is 6.61. The summed E-state index contributed by atoms with van der Waals surface area (Å²) in [4.78, 5) is 27.5. The van der Waals surface area contributed by atoms with Crippen LogP contribution < -0.4 is 10.6 Å². The van der Waals surface area contributed by atoms with Crippen LogP contribution in [-0.2, 0) is 6.54 Å². The number of carbonyl (C=O) groups is 1. The molecule has 2 N–H and O–H groups in total. The van der Waals surface area contributed by atoms with Gasteiger partial charge in [0.25, 0.3) is 5.91 Å². The Bertz CT molecular complexity index is 1480. The summed E-state index contributed by atoms with van der Waals surface area (Å²) in [7, 11) is 0. The van der Waals surface area contributed by atoms with Gasteiger partial charge in [-0.1, -0.05) is 49.4 Å². The molecule has 0 spiro atoms. The molecule has 3 aromatic heterocycles. The van der Waals surface area contributed by atoms with Crippen molar-refractivity contribution in [2.45, 2.75) is 26.4 Å². The standard InChI is InChI=1S/C28H25N5OS/c1-18(2)30-16-19-14-25-28(31-17-19)35-27(33-25)23-8-3-4-9-24(23)32-26(34)22-7-5-6-21(15-22)20-10-12-29-13-11-20/h3-15,17-18,30H,16H2,1-2H3,(H,32,34). The third-order valence-corrected chi connectivity index (χ3v) is 6.58. The van der Waals surface area contributed by atoms with E-state index in [1.807, 2.05) is 66.9 Å². The minimum atomic E-state index is -0.172. The summed E-state index contributed by atoms with van der Waals surface area (Å²) >= 11 is 1.52. The Morgan fingerprint density at radius 3 is 2.63 bits per heavy atom. The van der Waals surface area contributed by atoms with Gasteiger partial charge in [-0.15, -0.1) is 0 Å². The molecule has 174 valence electrons. The van der Waals surface area contributed by atoms with Crippen molar-refractivity contribution in [1.82, 2.24) is 20.3 Å². The Labute approximate surface area is 208 Å². The number of hydrogen-bond donors (Lipinski definition) is 2. The van der Waals surface area contributed by atoms with E-state index in [-0.39, 0.29) is 5.91 Å². The van der Waals surface area contributed by atoms with E-state index in [0.29, 0.717) is 17.3 Å². The van der Waals surface area contributed by atoms with Gasteiger partial charge in [0.05, 0.1) is 5.69 Å². The summed E-state index contributed by atoms with van der Waals surface area (Å²) < 4.78 is 0. The van der Waals surface area contributed by atoms with Crippen molar-refractivity contribution in [2.75, 3.05) is 5.32 Å². The smallest absolute Gasteiger partial charge is 0.255 e. The summed E-state index contributed by atoms with van der Waals surface area (Å²) in [6, 6.07) is 21.6. The van der Waals surface area contributed by atoms with Crippen molar-refractivity contribution >= 4 is 33.3 Å². The van der Waals surface area contributed by atoms with E-state index in [1.165, 1.54) is 11.3 Å². The molecule has 0 atom stereocenters. The van der Waals surface area contributed by atoms with Gasteiger partial charge in [0.15, 0.2) is 0 Å². The van der Waals surface area contributed by atoms with Crippen molar-refractivity contribution in [3.8, 4) is 21.7 Å². The highest BCUT2D eigenvalue weighted by Gasteiger charge is 2.15. The van der Waals surface area contributed by atoms with Crippen molar-refractivity contribution in [1.29, 1.82) is 0 Å². The van der Waals surface area contributed by atoms with Gasteiger partial charge in [0, 0.05) is 42.3 Å². The molecule has 0 saturated heterocycles. The van der Waals surface area contributed by atoms with Crippen LogP contribution in [0.15, 0.2) is 85.3 Å². The zero-order chi connectivity index (χ0) is 24.2. The predicted octanol–water partition coefficient (Wildman–Crippen LogP) is 6.17. The first-order valence-corrected chi connectivity index (χ1v) is 12.3. The number of nitrogens with zero attached hydrogens (tertiary/aromatic N) is 3. The number of aromatic nitrogens is 3. The van der Waals surface area contributed by atoms with Crippen LogP contribution in [0.25, 0.3) is 32.0 Å². The fraction of sp³-hybridized carbons (Fsp3) is 0.143. The quantitative estimate of drug-likeness (QED) is 0.292. The van der Waals surface area contributed by atoms with E-state index in [1.54, 1.807) is 12.4 Å². The zero-order valence-corrected chi connectivity index (χ0v) is 20.3. The minimum absolute atomic E-state index is 0.172. The van der Waals surface area contributed by atoms with Crippen molar-refractivity contribution in [3.05, 3.63) is 96.4 Å². The first kappa shape index (κ1) is 22.8. The lowest BCUT2D eigenvalue weighted by atomic mass is 10.0. The third-order valence-electron chi connectivity index (χ3n) is 5.56. The molecular weight excluding hydrogens is 454 g/mol. The molecule has 2 aromatic carbocycles. The maximum atomic E-state index is 13.2. The predicted molar refractivity (Wildman–Crippen MR) is 142 cm³/mol. The maximum Gasteiger partial charge on any atom is 0.255 e. The first-order chi connectivity index (χ1) is 17.1. The maximum absolute atomic E-state index is 13.2. The van der Waals surface area contributed by atoms with Gasteiger partial charge in [-0.3, -0.25) is 9.78 Å². The molecule has 7 heteroatoms. The van der Waals surface area contributed by atoms with Gasteiger partial charge >= 0.3 is 0 Å². The molecule has 0 saturated carbocycles. The fourth-order valence-electron chi connectivity index (χ4n) is 3.76. The second-order valence-corrected chi connectivity index (χ2v) is 9.52. The van der Waals surface area contributed by atoms with E-state index < -0.39 is 0 Å². The number of nitrogens with one attached hydrogen (secondary N) is 2. The van der Waals surface area contributed by atoms with Gasteiger partial charge in [0.2, 0.25) is 0 Å². The zero-order valence-electron chi connectivity index (χ0n) is 19.5. The fourth-order valence-corrected chi connectivity index (χ4v) is 4.69. The van der Waals surface area contributed by atoms with Crippen LogP contribution in [-0.4, -0.2) is 26.9 Å². The number of para-hydroxylation sites is 1. The number of amides is 1. The number of hydrogen-bond acceptors (Lipinski definition) is 6. The van der Waals surface area contributed by atoms with E-state index in [0.717, 1.165) is 44.2 Å². The number of carbonyl (C=O) groups excluding carboxylic acids is 1. The molecular formula is C28H25N5OS. The van der Waals surface area contributed by atoms with Gasteiger partial charge in [-0.2, -0.15) is 0 Å². The van der Waals surface area contributed by atoms with Crippen molar-refractivity contribution in [3.63, 3.8) is 0 Å². The molecule has 0 aliphatic carbocycles. The molecule has 0 aliphatic heterocycles. The number of thiazole rings is 1. The lowest BCUT2D eigenvalue weighted by molar-refractivity contribution is 0.102. The first-order valence-electron chi connectivity index (χ1n) is 11.5. The highest BCUT2D eigenvalue weighted by molar-refractivity contribution is 7.21. The highest BCUT2D eigenvalue weighted by atomic mass is 32.1. The summed E-state index contributed by atoms with van der Waals surface area (Å²) in [5.41, 5.74) is 6.11. The monoisotopic (exact) mass is 479 g/mol. The molecule has 0 fully saturated rings. The largest absolute Gasteiger partial charge is 0.321 e. The molecule has 0 radical (unpaired) electrons. The van der Waals surface area contributed by atoms with E-state index in [4.69, 9.17) is 4.98 Å². The third kappa shape index (κ3) is 5.26. The second kappa shape index (κ2) is 10.1. The Hall–Kier alpha value is -3.94. The second-order valence-electron chi connectivity index (χ2n) is 8.54. The van der Waals surface area contributed by atoms with Crippen LogP contribution >= 0.6 is 11.3 Å². The number of rotatable bonds is 7. The summed E-state index contributed by atoms with van der Waals surface area (Å²) in [5.74, 6) is -0.172. The molecule has 0 unspecified atom stereocenters. The van der Waals surface area contributed by atoms with Crippen molar-refractivity contribution < 1.29 is 4.79 Å². The average Bonchev–Trinajstić information content (AvgIpc) is 3.31. The van der Waals surface area contributed by atoms with Gasteiger partial charge in [0.1, 0.15) is 15.4 Å². The summed E-state index contributed by atoms with van der Waals surface area (Å²) in [6.45, 7) is 4.99. The summed E-state index contributed by atoms with van der Waals surface area (Å²) in [5, 5.41) is 7.31. The molecule has 5 rings (SSSR count). The highest BCUT2D eigenvalue weighted by Crippen LogP contribution is 2.34. The minimum Gasteiger partial charge on any atom is -0.321 e. The van der Waals surface area contributed by atoms with Crippen LogP contribution in [0.3, 0.4) is 0 Å². The topological polar surface area (TPSA) is 79.8 Å². The van der Waals surface area contributed by atoms with E-state index >= 15 is 0 Å². The van der Waals surface area contributed by atoms with E-state index in [9.17, 15) is 4.79 Å². The van der Waals surface area contributed by atoms with Crippen LogP contribution in [0.1, 0.15) is 29.8 Å². The molecule has 6 nitrogen and oxygen atoms in total. The molecule has 0 bridgehead atoms. The lowest BCUT2D eigenvalue weighted by Gasteiger charge is -2.10. The van der Waals surface area contributed by atoms with Gasteiger partial charge in [-0.25, -0.2) is 9.97 Å². The number of fused-ring (bicyclic) bond motifs is 1. The number of benzene rings is 2. The molecule has 35 heavy (non-hydrogen) atoms. The average molecular weight is 480 g/mol. The normalized spacial score (nSPS) is 11.2. The molecule has 5 aromatic rings. The van der Waals surface area contributed by atoms with E-state index in [2.05, 4.69) is 40.5 Å². The van der Waals surface area contributed by atoms with Crippen LogP contribution in [0, 0.1) is 0 Å². The molecule has 3 heterocycles. The lowest BCUT2D eigenvalue weighted by Crippen LogP contribution is -2.21. The van der Waals surface area contributed by atoms with Crippen molar-refractivity contribution in [2.24, 2.45) is 0 Å². The molecule has 0 aliphatic rings. The van der Waals surface area contributed by atoms with Crippen LogP contribution in [0.2, 0.25) is 0 Å².